The van der Waals surface area contributed by atoms with Crippen molar-refractivity contribution in [3.63, 3.8) is 0 Å². The molecule has 4 heteroatoms. The molecule has 0 aromatic heterocycles. The van der Waals surface area contributed by atoms with Crippen LogP contribution in [0.5, 0.6) is 0 Å². The van der Waals surface area contributed by atoms with Crippen molar-refractivity contribution in [2.24, 2.45) is 11.7 Å². The number of nitrogens with one attached hydrogen (secondary N) is 1. The molecule has 1 aliphatic carbocycles. The first-order valence-corrected chi connectivity index (χ1v) is 7.50. The minimum atomic E-state index is 0.219. The molecule has 104 valence electrons. The number of rotatable bonds is 8. The Bertz CT molecular complexity index is 266. The molecule has 0 aromatic carbocycles. The Morgan fingerprint density at radius 1 is 1.22 bits per heavy atom. The molecule has 0 bridgehead atoms. The van der Waals surface area contributed by atoms with Gasteiger partial charge in [0.25, 0.3) is 0 Å². The number of nitrogens with two attached hydrogens (primary N) is 1. The van der Waals surface area contributed by atoms with Gasteiger partial charge in [-0.15, -0.1) is 0 Å². The summed E-state index contributed by atoms with van der Waals surface area (Å²) in [5.41, 5.74) is 5.42. The van der Waals surface area contributed by atoms with E-state index in [2.05, 4.69) is 10.2 Å². The largest absolute Gasteiger partial charge is 0.356 e. The first-order valence-electron chi connectivity index (χ1n) is 7.50. The SMILES string of the molecule is NCCCCCC(=O)NCC1CCN(C2CC2)C1. The number of nitrogens with zero attached hydrogens (tertiary/aromatic N) is 1. The highest BCUT2D eigenvalue weighted by Crippen LogP contribution is 2.31. The van der Waals surface area contributed by atoms with E-state index < -0.39 is 0 Å². The maximum atomic E-state index is 11.6. The summed E-state index contributed by atoms with van der Waals surface area (Å²) in [7, 11) is 0. The molecule has 0 radical (unpaired) electrons. The van der Waals surface area contributed by atoms with Crippen LogP contribution in [0, 0.1) is 5.92 Å². The van der Waals surface area contributed by atoms with Crippen molar-refractivity contribution < 1.29 is 4.79 Å². The molecule has 1 saturated heterocycles. The van der Waals surface area contributed by atoms with Gasteiger partial charge in [0.15, 0.2) is 0 Å². The Morgan fingerprint density at radius 3 is 2.78 bits per heavy atom. The number of hydrogen-bond acceptors (Lipinski definition) is 3. The minimum Gasteiger partial charge on any atom is -0.356 e. The molecule has 1 atom stereocenters. The van der Waals surface area contributed by atoms with Crippen molar-refractivity contribution in [2.75, 3.05) is 26.2 Å². The van der Waals surface area contributed by atoms with Gasteiger partial charge in [-0.25, -0.2) is 0 Å². The molecule has 0 spiro atoms. The number of hydrogen-bond donors (Lipinski definition) is 2. The van der Waals surface area contributed by atoms with Crippen LogP contribution in [0.3, 0.4) is 0 Å². The fourth-order valence-electron chi connectivity index (χ4n) is 2.75. The topological polar surface area (TPSA) is 58.4 Å². The smallest absolute Gasteiger partial charge is 0.220 e. The summed E-state index contributed by atoms with van der Waals surface area (Å²) < 4.78 is 0. The fraction of sp³-hybridized carbons (Fsp3) is 0.929. The van der Waals surface area contributed by atoms with E-state index in [1.807, 2.05) is 0 Å². The van der Waals surface area contributed by atoms with E-state index in [4.69, 9.17) is 5.73 Å². The molecular formula is C14H27N3O. The zero-order valence-corrected chi connectivity index (χ0v) is 11.4. The van der Waals surface area contributed by atoms with Gasteiger partial charge >= 0.3 is 0 Å². The van der Waals surface area contributed by atoms with E-state index in [9.17, 15) is 4.79 Å². The average molecular weight is 253 g/mol. The van der Waals surface area contributed by atoms with Crippen molar-refractivity contribution >= 4 is 5.91 Å². The normalized spacial score (nSPS) is 24.4. The standard InChI is InChI=1S/C14H27N3O/c15-8-3-1-2-4-14(18)16-10-12-7-9-17(11-12)13-5-6-13/h12-13H,1-11,15H2,(H,16,18). The van der Waals surface area contributed by atoms with Crippen LogP contribution >= 0.6 is 0 Å². The lowest BCUT2D eigenvalue weighted by molar-refractivity contribution is -0.121. The molecule has 18 heavy (non-hydrogen) atoms. The van der Waals surface area contributed by atoms with E-state index in [0.29, 0.717) is 12.3 Å². The number of amides is 1. The van der Waals surface area contributed by atoms with Crippen LogP contribution in [0.2, 0.25) is 0 Å². The first-order chi connectivity index (χ1) is 8.79. The third kappa shape index (κ3) is 4.58. The highest BCUT2D eigenvalue weighted by atomic mass is 16.1. The number of carbonyl (C=O) groups excluding carboxylic acids is 1. The van der Waals surface area contributed by atoms with Crippen LogP contribution < -0.4 is 11.1 Å². The Kier molecular flexibility index (Phi) is 5.45. The second-order valence-corrected chi connectivity index (χ2v) is 5.78. The lowest BCUT2D eigenvalue weighted by Gasteiger charge is -2.15. The van der Waals surface area contributed by atoms with Crippen LogP contribution in [0.25, 0.3) is 0 Å². The molecule has 1 unspecified atom stereocenters. The molecule has 4 nitrogen and oxygen atoms in total. The summed E-state index contributed by atoms with van der Waals surface area (Å²) in [5.74, 6) is 0.899. The van der Waals surface area contributed by atoms with Gasteiger partial charge in [0.2, 0.25) is 5.91 Å². The van der Waals surface area contributed by atoms with Gasteiger partial charge in [-0.1, -0.05) is 6.42 Å². The summed E-state index contributed by atoms with van der Waals surface area (Å²) in [5, 5.41) is 3.08. The molecule has 2 aliphatic rings. The minimum absolute atomic E-state index is 0.219. The Hall–Kier alpha value is -0.610. The highest BCUT2D eigenvalue weighted by molar-refractivity contribution is 5.75. The Balaban J connectivity index is 1.50. The third-order valence-corrected chi connectivity index (χ3v) is 4.08. The number of likely N-dealkylation sites (tertiary alicyclic amines) is 1. The van der Waals surface area contributed by atoms with Crippen LogP contribution in [-0.2, 0) is 4.79 Å². The molecule has 2 fully saturated rings. The van der Waals surface area contributed by atoms with Crippen LogP contribution in [0.4, 0.5) is 0 Å². The van der Waals surface area contributed by atoms with Crippen molar-refractivity contribution in [3.8, 4) is 0 Å². The number of carbonyl (C=O) groups is 1. The second-order valence-electron chi connectivity index (χ2n) is 5.78. The van der Waals surface area contributed by atoms with E-state index in [-0.39, 0.29) is 5.91 Å². The molecule has 1 saturated carbocycles. The lowest BCUT2D eigenvalue weighted by atomic mass is 10.1. The zero-order valence-electron chi connectivity index (χ0n) is 11.4. The Morgan fingerprint density at radius 2 is 2.06 bits per heavy atom. The van der Waals surface area contributed by atoms with Gasteiger partial charge in [0.05, 0.1) is 0 Å². The lowest BCUT2D eigenvalue weighted by Crippen LogP contribution is -2.31. The molecular weight excluding hydrogens is 226 g/mol. The van der Waals surface area contributed by atoms with Crippen molar-refractivity contribution in [3.05, 3.63) is 0 Å². The van der Waals surface area contributed by atoms with Gasteiger partial charge in [0, 0.05) is 25.6 Å². The van der Waals surface area contributed by atoms with E-state index in [0.717, 1.165) is 38.4 Å². The van der Waals surface area contributed by atoms with Crippen molar-refractivity contribution in [2.45, 2.75) is 51.0 Å². The summed E-state index contributed by atoms with van der Waals surface area (Å²) >= 11 is 0. The molecule has 1 heterocycles. The molecule has 2 rings (SSSR count). The molecule has 0 aromatic rings. The zero-order chi connectivity index (χ0) is 12.8. The predicted molar refractivity (Wildman–Crippen MR) is 73.2 cm³/mol. The summed E-state index contributed by atoms with van der Waals surface area (Å²) in [4.78, 5) is 14.2. The van der Waals surface area contributed by atoms with Gasteiger partial charge in [0.1, 0.15) is 0 Å². The maximum absolute atomic E-state index is 11.6. The van der Waals surface area contributed by atoms with E-state index in [1.165, 1.54) is 32.4 Å². The highest BCUT2D eigenvalue weighted by Gasteiger charge is 2.34. The predicted octanol–water partition coefficient (Wildman–Crippen LogP) is 1.11. The van der Waals surface area contributed by atoms with Gasteiger partial charge in [-0.05, 0) is 51.1 Å². The van der Waals surface area contributed by atoms with Crippen molar-refractivity contribution in [1.82, 2.24) is 10.2 Å². The van der Waals surface area contributed by atoms with Gasteiger partial charge in [-0.3, -0.25) is 4.79 Å². The third-order valence-electron chi connectivity index (χ3n) is 4.08. The quantitative estimate of drug-likeness (QED) is 0.637. The van der Waals surface area contributed by atoms with Crippen LogP contribution in [-0.4, -0.2) is 43.0 Å². The second kappa shape index (κ2) is 7.10. The maximum Gasteiger partial charge on any atom is 0.220 e. The molecule has 1 aliphatic heterocycles. The van der Waals surface area contributed by atoms with Crippen LogP contribution in [0.1, 0.15) is 44.9 Å². The van der Waals surface area contributed by atoms with E-state index in [1.54, 1.807) is 0 Å². The molecule has 3 N–H and O–H groups in total. The molecule has 1 amide bonds. The first kappa shape index (κ1) is 13.8. The van der Waals surface area contributed by atoms with Crippen LogP contribution in [0.15, 0.2) is 0 Å². The monoisotopic (exact) mass is 253 g/mol. The summed E-state index contributed by atoms with van der Waals surface area (Å²) in [6.45, 7) is 4.04. The van der Waals surface area contributed by atoms with Gasteiger partial charge < -0.3 is 16.0 Å². The average Bonchev–Trinajstić information content (AvgIpc) is 3.12. The summed E-state index contributed by atoms with van der Waals surface area (Å²) in [6, 6.07) is 0.877. The summed E-state index contributed by atoms with van der Waals surface area (Å²) in [6.07, 6.45) is 7.78. The van der Waals surface area contributed by atoms with Crippen molar-refractivity contribution in [1.29, 1.82) is 0 Å². The van der Waals surface area contributed by atoms with Gasteiger partial charge in [-0.2, -0.15) is 0 Å². The fourth-order valence-corrected chi connectivity index (χ4v) is 2.75. The van der Waals surface area contributed by atoms with E-state index >= 15 is 0 Å². The number of unbranched alkanes of at least 4 members (excludes halogenated alkanes) is 2. The Labute approximate surface area is 110 Å².